The molecule has 0 aliphatic rings. The topological polar surface area (TPSA) is 67.4 Å². The second-order valence-electron chi connectivity index (χ2n) is 3.85. The molecule has 0 saturated carbocycles. The van der Waals surface area contributed by atoms with E-state index < -0.39 is 11.7 Å². The Bertz CT molecular complexity index is 438. The van der Waals surface area contributed by atoms with Crippen LogP contribution in [-0.2, 0) is 9.59 Å². The molecule has 0 heterocycles. The Morgan fingerprint density at radius 1 is 1.21 bits per heavy atom. The summed E-state index contributed by atoms with van der Waals surface area (Å²) in [7, 11) is 0. The van der Waals surface area contributed by atoms with Crippen LogP contribution in [0.4, 0.5) is 4.39 Å². The van der Waals surface area contributed by atoms with Gasteiger partial charge in [-0.25, -0.2) is 4.39 Å². The van der Waals surface area contributed by atoms with Crippen molar-refractivity contribution in [3.05, 3.63) is 30.1 Å². The van der Waals surface area contributed by atoms with E-state index in [0.717, 1.165) is 6.42 Å². The van der Waals surface area contributed by atoms with Crippen LogP contribution in [0.3, 0.4) is 0 Å². The summed E-state index contributed by atoms with van der Waals surface area (Å²) in [5.74, 6) is -1.26. The minimum atomic E-state index is -0.531. The van der Waals surface area contributed by atoms with Crippen LogP contribution in [0.25, 0.3) is 0 Å². The maximum Gasteiger partial charge on any atom is 0.258 e. The van der Waals surface area contributed by atoms with Gasteiger partial charge in [-0.05, 0) is 18.6 Å². The third-order valence-corrected chi connectivity index (χ3v) is 2.21. The maximum absolute atomic E-state index is 13.2. The molecular weight excluding hydrogens is 251 g/mol. The maximum atomic E-state index is 13.2. The average molecular weight is 268 g/mol. The van der Waals surface area contributed by atoms with Crippen molar-refractivity contribution in [1.82, 2.24) is 10.6 Å². The van der Waals surface area contributed by atoms with Crippen molar-refractivity contribution in [1.29, 1.82) is 0 Å². The molecule has 0 unspecified atom stereocenters. The summed E-state index contributed by atoms with van der Waals surface area (Å²) in [4.78, 5) is 22.6. The number of ether oxygens (including phenoxy) is 1. The van der Waals surface area contributed by atoms with Crippen LogP contribution in [-0.4, -0.2) is 31.5 Å². The molecule has 0 aromatic heterocycles. The summed E-state index contributed by atoms with van der Waals surface area (Å²) in [5, 5.41) is 5.00. The molecule has 2 N–H and O–H groups in total. The number of halogens is 1. The number of rotatable bonds is 7. The van der Waals surface area contributed by atoms with Crippen molar-refractivity contribution in [3.63, 3.8) is 0 Å². The first-order valence-corrected chi connectivity index (χ1v) is 6.04. The van der Waals surface area contributed by atoms with E-state index in [1.165, 1.54) is 18.2 Å². The van der Waals surface area contributed by atoms with Crippen LogP contribution in [0, 0.1) is 5.82 Å². The largest absolute Gasteiger partial charge is 0.481 e. The molecule has 6 heteroatoms. The SMILES string of the molecule is CCCNC(=O)CNC(=O)COc1ccccc1F. The molecule has 19 heavy (non-hydrogen) atoms. The molecule has 0 spiro atoms. The van der Waals surface area contributed by atoms with Crippen LogP contribution in [0.5, 0.6) is 5.75 Å². The molecule has 0 radical (unpaired) electrons. The van der Waals surface area contributed by atoms with E-state index in [4.69, 9.17) is 4.74 Å². The lowest BCUT2D eigenvalue weighted by atomic mass is 10.3. The van der Waals surface area contributed by atoms with Gasteiger partial charge in [-0.15, -0.1) is 0 Å². The molecule has 0 aliphatic carbocycles. The number of carbonyl (C=O) groups excluding carboxylic acids is 2. The highest BCUT2D eigenvalue weighted by atomic mass is 19.1. The molecule has 1 aromatic rings. The van der Waals surface area contributed by atoms with Crippen LogP contribution in [0.2, 0.25) is 0 Å². The van der Waals surface area contributed by atoms with Crippen molar-refractivity contribution in [3.8, 4) is 5.75 Å². The summed E-state index contributed by atoms with van der Waals surface area (Å²) in [5.41, 5.74) is 0. The molecule has 1 rings (SSSR count). The molecule has 0 saturated heterocycles. The summed E-state index contributed by atoms with van der Waals surface area (Å²) < 4.78 is 18.2. The summed E-state index contributed by atoms with van der Waals surface area (Å²) in [6.45, 7) is 2.06. The van der Waals surface area contributed by atoms with Crippen molar-refractivity contribution < 1.29 is 18.7 Å². The Labute approximate surface area is 111 Å². The minimum Gasteiger partial charge on any atom is -0.481 e. The van der Waals surface area contributed by atoms with Crippen molar-refractivity contribution in [2.75, 3.05) is 19.7 Å². The molecule has 0 fully saturated rings. The van der Waals surface area contributed by atoms with E-state index in [-0.39, 0.29) is 24.8 Å². The summed E-state index contributed by atoms with van der Waals surface area (Å²) in [6, 6.07) is 5.80. The number of nitrogens with one attached hydrogen (secondary N) is 2. The fourth-order valence-corrected chi connectivity index (χ4v) is 1.26. The van der Waals surface area contributed by atoms with Gasteiger partial charge in [0, 0.05) is 6.54 Å². The number of hydrogen-bond donors (Lipinski definition) is 2. The zero-order valence-electron chi connectivity index (χ0n) is 10.7. The molecule has 104 valence electrons. The molecule has 5 nitrogen and oxygen atoms in total. The lowest BCUT2D eigenvalue weighted by Gasteiger charge is -2.08. The Morgan fingerprint density at radius 3 is 2.63 bits per heavy atom. The Morgan fingerprint density at radius 2 is 1.95 bits per heavy atom. The lowest BCUT2D eigenvalue weighted by molar-refractivity contribution is -0.127. The standard InChI is InChI=1S/C13H17FN2O3/c1-2-7-15-12(17)8-16-13(18)9-19-11-6-4-3-5-10(11)14/h3-6H,2,7-9H2,1H3,(H,15,17)(H,16,18). The minimum absolute atomic E-state index is 0.00749. The van der Waals surface area contributed by atoms with Crippen LogP contribution < -0.4 is 15.4 Å². The zero-order chi connectivity index (χ0) is 14.1. The van der Waals surface area contributed by atoms with Crippen LogP contribution in [0.1, 0.15) is 13.3 Å². The predicted octanol–water partition coefficient (Wildman–Crippen LogP) is 0.847. The Kier molecular flexibility index (Phi) is 6.35. The number of carbonyl (C=O) groups is 2. The first-order chi connectivity index (χ1) is 9.13. The van der Waals surface area contributed by atoms with E-state index in [1.54, 1.807) is 6.07 Å². The highest BCUT2D eigenvalue weighted by Crippen LogP contribution is 2.14. The van der Waals surface area contributed by atoms with Gasteiger partial charge < -0.3 is 15.4 Å². The van der Waals surface area contributed by atoms with Crippen molar-refractivity contribution in [2.45, 2.75) is 13.3 Å². The summed E-state index contributed by atoms with van der Waals surface area (Å²) in [6.07, 6.45) is 0.829. The van der Waals surface area contributed by atoms with Gasteiger partial charge in [-0.1, -0.05) is 19.1 Å². The highest BCUT2D eigenvalue weighted by Gasteiger charge is 2.07. The normalized spacial score (nSPS) is 9.79. The van der Waals surface area contributed by atoms with Crippen LogP contribution in [0.15, 0.2) is 24.3 Å². The third kappa shape index (κ3) is 5.85. The van der Waals surface area contributed by atoms with E-state index in [9.17, 15) is 14.0 Å². The third-order valence-electron chi connectivity index (χ3n) is 2.21. The lowest BCUT2D eigenvalue weighted by Crippen LogP contribution is -2.39. The average Bonchev–Trinajstić information content (AvgIpc) is 2.42. The highest BCUT2D eigenvalue weighted by molar-refractivity contribution is 5.85. The molecule has 1 aromatic carbocycles. The Balaban J connectivity index is 2.25. The van der Waals surface area contributed by atoms with Gasteiger partial charge in [-0.2, -0.15) is 0 Å². The van der Waals surface area contributed by atoms with Gasteiger partial charge in [-0.3, -0.25) is 9.59 Å². The first kappa shape index (κ1) is 14.9. The molecule has 0 aliphatic heterocycles. The fraction of sp³-hybridized carbons (Fsp3) is 0.385. The van der Waals surface area contributed by atoms with E-state index >= 15 is 0 Å². The van der Waals surface area contributed by atoms with E-state index in [0.29, 0.717) is 6.54 Å². The molecule has 2 amide bonds. The Hall–Kier alpha value is -2.11. The van der Waals surface area contributed by atoms with Gasteiger partial charge in [0.15, 0.2) is 18.2 Å². The van der Waals surface area contributed by atoms with Gasteiger partial charge in [0.25, 0.3) is 5.91 Å². The van der Waals surface area contributed by atoms with Gasteiger partial charge in [0.05, 0.1) is 6.54 Å². The van der Waals surface area contributed by atoms with Gasteiger partial charge >= 0.3 is 0 Å². The van der Waals surface area contributed by atoms with Crippen LogP contribution >= 0.6 is 0 Å². The van der Waals surface area contributed by atoms with Gasteiger partial charge in [0.1, 0.15) is 0 Å². The van der Waals surface area contributed by atoms with E-state index in [1.807, 2.05) is 6.92 Å². The fourth-order valence-electron chi connectivity index (χ4n) is 1.26. The second kappa shape index (κ2) is 8.07. The molecule has 0 atom stereocenters. The van der Waals surface area contributed by atoms with Crippen molar-refractivity contribution in [2.24, 2.45) is 0 Å². The molecule has 0 bridgehead atoms. The van der Waals surface area contributed by atoms with Gasteiger partial charge in [0.2, 0.25) is 5.91 Å². The number of para-hydroxylation sites is 1. The van der Waals surface area contributed by atoms with Crippen molar-refractivity contribution >= 4 is 11.8 Å². The number of hydrogen-bond acceptors (Lipinski definition) is 3. The molecular formula is C13H17FN2O3. The monoisotopic (exact) mass is 268 g/mol. The quantitative estimate of drug-likeness (QED) is 0.770. The number of benzene rings is 1. The smallest absolute Gasteiger partial charge is 0.258 e. The second-order valence-corrected chi connectivity index (χ2v) is 3.85. The van der Waals surface area contributed by atoms with E-state index in [2.05, 4.69) is 10.6 Å². The zero-order valence-corrected chi connectivity index (χ0v) is 10.7. The summed E-state index contributed by atoms with van der Waals surface area (Å²) >= 11 is 0. The number of amides is 2. The first-order valence-electron chi connectivity index (χ1n) is 6.04. The predicted molar refractivity (Wildman–Crippen MR) is 68.2 cm³/mol.